The van der Waals surface area contributed by atoms with E-state index in [1.54, 1.807) is 0 Å². The number of aryl methyl sites for hydroxylation is 1. The normalized spacial score (nSPS) is 11.7. The monoisotopic (exact) mass is 424 g/mol. The SMILES string of the molecule is CCNC(=NCc1ccc(C)s1)NCCN(C)C(C)C.I. The molecule has 0 saturated carbocycles. The van der Waals surface area contributed by atoms with E-state index in [0.29, 0.717) is 6.04 Å². The first-order valence-electron chi connectivity index (χ1n) is 7.30. The van der Waals surface area contributed by atoms with Crippen molar-refractivity contribution < 1.29 is 0 Å². The Morgan fingerprint density at radius 3 is 2.57 bits per heavy atom. The molecule has 0 saturated heterocycles. The molecular weight excluding hydrogens is 395 g/mol. The second-order valence-corrected chi connectivity index (χ2v) is 6.58. The molecule has 1 aromatic heterocycles. The van der Waals surface area contributed by atoms with Crippen LogP contribution in [0.4, 0.5) is 0 Å². The highest BCUT2D eigenvalue weighted by Gasteiger charge is 2.03. The number of rotatable bonds is 7. The molecule has 1 heterocycles. The summed E-state index contributed by atoms with van der Waals surface area (Å²) < 4.78 is 0. The molecular formula is C15H29IN4S. The van der Waals surface area contributed by atoms with Crippen LogP contribution >= 0.6 is 35.3 Å². The third-order valence-corrected chi connectivity index (χ3v) is 4.16. The van der Waals surface area contributed by atoms with Gasteiger partial charge < -0.3 is 15.5 Å². The summed E-state index contributed by atoms with van der Waals surface area (Å²) >= 11 is 1.81. The fourth-order valence-corrected chi connectivity index (χ4v) is 2.49. The Morgan fingerprint density at radius 2 is 2.05 bits per heavy atom. The van der Waals surface area contributed by atoms with Crippen molar-refractivity contribution in [3.63, 3.8) is 0 Å². The van der Waals surface area contributed by atoms with Crippen LogP contribution in [0.1, 0.15) is 30.5 Å². The molecule has 0 aliphatic carbocycles. The Hall–Kier alpha value is -0.340. The van der Waals surface area contributed by atoms with E-state index in [9.17, 15) is 0 Å². The minimum Gasteiger partial charge on any atom is -0.357 e. The number of thiophene rings is 1. The van der Waals surface area contributed by atoms with Crippen molar-refractivity contribution in [2.45, 2.75) is 40.3 Å². The van der Waals surface area contributed by atoms with E-state index in [-0.39, 0.29) is 24.0 Å². The summed E-state index contributed by atoms with van der Waals surface area (Å²) in [6.45, 7) is 12.2. The lowest BCUT2D eigenvalue weighted by molar-refractivity contribution is 0.278. The molecule has 6 heteroatoms. The number of guanidine groups is 1. The van der Waals surface area contributed by atoms with Gasteiger partial charge in [0.25, 0.3) is 0 Å². The van der Waals surface area contributed by atoms with Crippen LogP contribution < -0.4 is 10.6 Å². The molecule has 122 valence electrons. The number of likely N-dealkylation sites (N-methyl/N-ethyl adjacent to an activating group) is 1. The molecule has 0 amide bonds. The molecule has 0 fully saturated rings. The van der Waals surface area contributed by atoms with Gasteiger partial charge >= 0.3 is 0 Å². The van der Waals surface area contributed by atoms with Crippen LogP contribution in [0.25, 0.3) is 0 Å². The molecule has 2 N–H and O–H groups in total. The number of aliphatic imine (C=N–C) groups is 1. The van der Waals surface area contributed by atoms with Gasteiger partial charge in [0.05, 0.1) is 6.54 Å². The fourth-order valence-electron chi connectivity index (χ4n) is 1.68. The summed E-state index contributed by atoms with van der Waals surface area (Å²) in [6, 6.07) is 4.87. The lowest BCUT2D eigenvalue weighted by Crippen LogP contribution is -2.42. The van der Waals surface area contributed by atoms with Crippen molar-refractivity contribution in [1.29, 1.82) is 0 Å². The first-order chi connectivity index (χ1) is 9.52. The van der Waals surface area contributed by atoms with Gasteiger partial charge in [-0.1, -0.05) is 0 Å². The number of hydrogen-bond donors (Lipinski definition) is 2. The lowest BCUT2D eigenvalue weighted by atomic mass is 10.3. The Labute approximate surface area is 150 Å². The Bertz CT molecular complexity index is 418. The molecule has 0 spiro atoms. The van der Waals surface area contributed by atoms with Crippen LogP contribution in [0.3, 0.4) is 0 Å². The van der Waals surface area contributed by atoms with Crippen molar-refractivity contribution in [3.8, 4) is 0 Å². The third kappa shape index (κ3) is 8.63. The topological polar surface area (TPSA) is 39.7 Å². The van der Waals surface area contributed by atoms with E-state index in [1.807, 2.05) is 11.3 Å². The Balaban J connectivity index is 0.00000400. The average molecular weight is 424 g/mol. The Morgan fingerprint density at radius 1 is 1.33 bits per heavy atom. The Kier molecular flexibility index (Phi) is 11.1. The van der Waals surface area contributed by atoms with Gasteiger partial charge in [-0.2, -0.15) is 0 Å². The van der Waals surface area contributed by atoms with E-state index in [2.05, 4.69) is 67.4 Å². The van der Waals surface area contributed by atoms with E-state index >= 15 is 0 Å². The van der Waals surface area contributed by atoms with Gasteiger partial charge in [0, 0.05) is 35.4 Å². The highest BCUT2D eigenvalue weighted by molar-refractivity contribution is 14.0. The first-order valence-corrected chi connectivity index (χ1v) is 8.12. The van der Waals surface area contributed by atoms with Crippen LogP contribution in [0.15, 0.2) is 17.1 Å². The quantitative estimate of drug-likeness (QED) is 0.402. The van der Waals surface area contributed by atoms with Gasteiger partial charge in [-0.3, -0.25) is 0 Å². The summed E-state index contributed by atoms with van der Waals surface area (Å²) in [6.07, 6.45) is 0. The van der Waals surface area contributed by atoms with E-state index in [1.165, 1.54) is 9.75 Å². The predicted molar refractivity (Wildman–Crippen MR) is 105 cm³/mol. The zero-order valence-corrected chi connectivity index (χ0v) is 16.9. The molecule has 21 heavy (non-hydrogen) atoms. The van der Waals surface area contributed by atoms with Crippen LogP contribution in [0, 0.1) is 6.92 Å². The van der Waals surface area contributed by atoms with Gasteiger partial charge in [-0.05, 0) is 46.9 Å². The summed E-state index contributed by atoms with van der Waals surface area (Å²) in [5, 5.41) is 6.67. The summed E-state index contributed by atoms with van der Waals surface area (Å²) in [4.78, 5) is 9.59. The third-order valence-electron chi connectivity index (χ3n) is 3.17. The molecule has 0 radical (unpaired) electrons. The summed E-state index contributed by atoms with van der Waals surface area (Å²) in [7, 11) is 2.14. The number of nitrogens with zero attached hydrogens (tertiary/aromatic N) is 2. The lowest BCUT2D eigenvalue weighted by Gasteiger charge is -2.21. The standard InChI is InChI=1S/C15H28N4S.HI/c1-6-16-15(17-9-10-19(5)12(2)3)18-11-14-8-7-13(4)20-14;/h7-8,12H,6,9-11H2,1-5H3,(H2,16,17,18);1H. The van der Waals surface area contributed by atoms with Crippen molar-refractivity contribution in [1.82, 2.24) is 15.5 Å². The van der Waals surface area contributed by atoms with Crippen molar-refractivity contribution in [2.24, 2.45) is 4.99 Å². The predicted octanol–water partition coefficient (Wildman–Crippen LogP) is 3.07. The zero-order chi connectivity index (χ0) is 15.0. The maximum Gasteiger partial charge on any atom is 0.191 e. The highest BCUT2D eigenvalue weighted by atomic mass is 127. The van der Waals surface area contributed by atoms with Gasteiger partial charge in [-0.15, -0.1) is 35.3 Å². The minimum absolute atomic E-state index is 0. The van der Waals surface area contributed by atoms with Crippen LogP contribution in [-0.4, -0.2) is 43.6 Å². The van der Waals surface area contributed by atoms with Gasteiger partial charge in [0.2, 0.25) is 0 Å². The van der Waals surface area contributed by atoms with Crippen LogP contribution in [-0.2, 0) is 6.54 Å². The molecule has 0 unspecified atom stereocenters. The number of nitrogens with one attached hydrogen (secondary N) is 2. The maximum absolute atomic E-state index is 4.63. The molecule has 0 atom stereocenters. The molecule has 0 aliphatic heterocycles. The van der Waals surface area contributed by atoms with Crippen LogP contribution in [0.2, 0.25) is 0 Å². The molecule has 4 nitrogen and oxygen atoms in total. The molecule has 0 aliphatic rings. The van der Waals surface area contributed by atoms with Crippen LogP contribution in [0.5, 0.6) is 0 Å². The molecule has 0 bridgehead atoms. The second-order valence-electron chi connectivity index (χ2n) is 5.21. The van der Waals surface area contributed by atoms with Crippen molar-refractivity contribution in [3.05, 3.63) is 21.9 Å². The van der Waals surface area contributed by atoms with Crippen molar-refractivity contribution in [2.75, 3.05) is 26.7 Å². The smallest absolute Gasteiger partial charge is 0.191 e. The summed E-state index contributed by atoms with van der Waals surface area (Å²) in [5.74, 6) is 0.899. The zero-order valence-electron chi connectivity index (χ0n) is 13.8. The van der Waals surface area contributed by atoms with Gasteiger partial charge in [-0.25, -0.2) is 4.99 Å². The van der Waals surface area contributed by atoms with Crippen molar-refractivity contribution >= 4 is 41.3 Å². The van der Waals surface area contributed by atoms with Gasteiger partial charge in [0.15, 0.2) is 5.96 Å². The molecule has 1 rings (SSSR count). The summed E-state index contributed by atoms with van der Waals surface area (Å²) in [5.41, 5.74) is 0. The highest BCUT2D eigenvalue weighted by Crippen LogP contribution is 2.15. The van der Waals surface area contributed by atoms with Gasteiger partial charge in [0.1, 0.15) is 0 Å². The largest absolute Gasteiger partial charge is 0.357 e. The van der Waals surface area contributed by atoms with E-state index < -0.39 is 0 Å². The number of hydrogen-bond acceptors (Lipinski definition) is 3. The van der Waals surface area contributed by atoms with E-state index in [0.717, 1.165) is 32.1 Å². The molecule has 1 aromatic rings. The minimum atomic E-state index is 0. The number of halogens is 1. The molecule has 0 aromatic carbocycles. The first kappa shape index (κ1) is 20.7. The van der Waals surface area contributed by atoms with E-state index in [4.69, 9.17) is 0 Å². The fraction of sp³-hybridized carbons (Fsp3) is 0.667. The maximum atomic E-state index is 4.63. The average Bonchev–Trinajstić information content (AvgIpc) is 2.81. The second kappa shape index (κ2) is 11.3.